The molecule has 1 amide bonds. The molecule has 0 saturated carbocycles. The number of anilines is 3. The summed E-state index contributed by atoms with van der Waals surface area (Å²) in [5.41, 5.74) is 4.34. The summed E-state index contributed by atoms with van der Waals surface area (Å²) in [4.78, 5) is 27.1. The minimum atomic E-state index is -1.19. The number of nitrogens with one attached hydrogen (secondary N) is 1. The van der Waals surface area contributed by atoms with Crippen LogP contribution in [0.25, 0.3) is 10.8 Å². The van der Waals surface area contributed by atoms with E-state index in [1.807, 2.05) is 104 Å². The SMILES string of the molecule is CC(=O)Nc1ccc2c3c(ccc2c1)Oc1cc(N(C)c2ccccc2)ccc1C31OC(=O)c2ccccc21. The summed E-state index contributed by atoms with van der Waals surface area (Å²) in [5, 5.41) is 4.62. The Kier molecular flexibility index (Phi) is 5.00. The number of para-hydroxylation sites is 1. The molecule has 2 heterocycles. The van der Waals surface area contributed by atoms with Crippen molar-refractivity contribution in [3.05, 3.63) is 125 Å². The van der Waals surface area contributed by atoms with Gasteiger partial charge >= 0.3 is 5.97 Å². The highest BCUT2D eigenvalue weighted by atomic mass is 16.6. The number of fused-ring (bicyclic) bond motifs is 8. The first-order valence-electron chi connectivity index (χ1n) is 12.7. The number of nitrogens with zero attached hydrogens (tertiary/aromatic N) is 1. The highest BCUT2D eigenvalue weighted by Gasteiger charge is 2.54. The van der Waals surface area contributed by atoms with Crippen LogP contribution in [-0.2, 0) is 15.1 Å². The highest BCUT2D eigenvalue weighted by molar-refractivity contribution is 6.01. The number of hydrogen-bond acceptors (Lipinski definition) is 5. The Balaban J connectivity index is 1.47. The number of benzene rings is 5. The van der Waals surface area contributed by atoms with Crippen molar-refractivity contribution in [3.63, 3.8) is 0 Å². The Labute approximate surface area is 225 Å². The van der Waals surface area contributed by atoms with Gasteiger partial charge in [-0.1, -0.05) is 48.5 Å². The van der Waals surface area contributed by atoms with Crippen molar-refractivity contribution in [1.29, 1.82) is 0 Å². The second-order valence-corrected chi connectivity index (χ2v) is 9.85. The van der Waals surface area contributed by atoms with Crippen LogP contribution in [0.15, 0.2) is 103 Å². The molecule has 0 radical (unpaired) electrons. The van der Waals surface area contributed by atoms with Crippen LogP contribution in [0.5, 0.6) is 11.5 Å². The van der Waals surface area contributed by atoms with E-state index in [0.717, 1.165) is 38.8 Å². The smallest absolute Gasteiger partial charge is 0.340 e. The van der Waals surface area contributed by atoms with Gasteiger partial charge in [-0.3, -0.25) is 4.79 Å². The van der Waals surface area contributed by atoms with Crippen LogP contribution in [0, 0.1) is 0 Å². The summed E-state index contributed by atoms with van der Waals surface area (Å²) in [6.45, 7) is 1.48. The third kappa shape index (κ3) is 3.42. The van der Waals surface area contributed by atoms with Crippen molar-refractivity contribution in [3.8, 4) is 11.5 Å². The van der Waals surface area contributed by atoms with Gasteiger partial charge in [0.15, 0.2) is 5.60 Å². The van der Waals surface area contributed by atoms with E-state index in [2.05, 4.69) is 10.2 Å². The Morgan fingerprint density at radius 2 is 1.59 bits per heavy atom. The Morgan fingerprint density at radius 1 is 0.795 bits per heavy atom. The fourth-order valence-corrected chi connectivity index (χ4v) is 5.79. The average Bonchev–Trinajstić information content (AvgIpc) is 3.24. The molecule has 1 spiro atoms. The highest BCUT2D eigenvalue weighted by Crippen LogP contribution is 2.58. The van der Waals surface area contributed by atoms with Crippen molar-refractivity contribution in [1.82, 2.24) is 0 Å². The summed E-state index contributed by atoms with van der Waals surface area (Å²) in [7, 11) is 2.01. The fraction of sp³-hybridized carbons (Fsp3) is 0.0909. The molecule has 0 fully saturated rings. The van der Waals surface area contributed by atoms with Gasteiger partial charge in [-0.05, 0) is 59.3 Å². The lowest BCUT2D eigenvalue weighted by Gasteiger charge is -2.38. The molecule has 0 aliphatic carbocycles. The number of esters is 1. The summed E-state index contributed by atoms with van der Waals surface area (Å²) in [6, 6.07) is 33.2. The van der Waals surface area contributed by atoms with Crippen LogP contribution in [-0.4, -0.2) is 18.9 Å². The van der Waals surface area contributed by atoms with Crippen LogP contribution in [0.4, 0.5) is 17.1 Å². The predicted octanol–water partition coefficient (Wildman–Crippen LogP) is 7.13. The van der Waals surface area contributed by atoms with Crippen molar-refractivity contribution in [2.24, 2.45) is 0 Å². The van der Waals surface area contributed by atoms with E-state index in [0.29, 0.717) is 22.7 Å². The largest absolute Gasteiger partial charge is 0.456 e. The molecule has 1 unspecified atom stereocenters. The molecule has 190 valence electrons. The van der Waals surface area contributed by atoms with Gasteiger partial charge in [0, 0.05) is 48.2 Å². The molecule has 0 aromatic heterocycles. The normalized spacial score (nSPS) is 16.6. The first kappa shape index (κ1) is 23.0. The topological polar surface area (TPSA) is 67.9 Å². The van der Waals surface area contributed by atoms with Gasteiger partial charge in [-0.2, -0.15) is 0 Å². The van der Waals surface area contributed by atoms with E-state index in [4.69, 9.17) is 9.47 Å². The zero-order valence-electron chi connectivity index (χ0n) is 21.4. The molecule has 7 rings (SSSR count). The number of carbonyl (C=O) groups is 2. The molecule has 5 aromatic carbocycles. The molecule has 2 aliphatic rings. The molecule has 6 nitrogen and oxygen atoms in total. The Hall–Kier alpha value is -5.10. The lowest BCUT2D eigenvalue weighted by molar-refractivity contribution is -0.114. The summed E-state index contributed by atoms with van der Waals surface area (Å²) in [5.74, 6) is 0.727. The maximum absolute atomic E-state index is 13.3. The second kappa shape index (κ2) is 8.46. The quantitative estimate of drug-likeness (QED) is 0.260. The predicted molar refractivity (Wildman–Crippen MR) is 151 cm³/mol. The molecule has 39 heavy (non-hydrogen) atoms. The zero-order valence-corrected chi connectivity index (χ0v) is 21.4. The number of amides is 1. The van der Waals surface area contributed by atoms with Crippen LogP contribution in [0.3, 0.4) is 0 Å². The fourth-order valence-electron chi connectivity index (χ4n) is 5.79. The Morgan fingerprint density at radius 3 is 2.41 bits per heavy atom. The molecule has 5 aromatic rings. The van der Waals surface area contributed by atoms with Gasteiger partial charge in [0.25, 0.3) is 0 Å². The molecular formula is C33H24N2O4. The molecular weight excluding hydrogens is 488 g/mol. The second-order valence-electron chi connectivity index (χ2n) is 9.85. The van der Waals surface area contributed by atoms with Crippen LogP contribution in [0.1, 0.15) is 34.0 Å². The number of rotatable bonds is 3. The number of carbonyl (C=O) groups excluding carboxylic acids is 2. The lowest BCUT2D eigenvalue weighted by atomic mass is 9.76. The first-order chi connectivity index (χ1) is 19.0. The van der Waals surface area contributed by atoms with Crippen molar-refractivity contribution in [2.75, 3.05) is 17.3 Å². The molecule has 1 N–H and O–H groups in total. The van der Waals surface area contributed by atoms with Crippen LogP contribution >= 0.6 is 0 Å². The van der Waals surface area contributed by atoms with Gasteiger partial charge in [0.2, 0.25) is 5.91 Å². The van der Waals surface area contributed by atoms with E-state index >= 15 is 0 Å². The monoisotopic (exact) mass is 512 g/mol. The van der Waals surface area contributed by atoms with Gasteiger partial charge in [-0.15, -0.1) is 0 Å². The average molecular weight is 513 g/mol. The van der Waals surface area contributed by atoms with Gasteiger partial charge in [0.05, 0.1) is 11.1 Å². The standard InChI is InChI=1S/C33H24N2O4/c1-20(36)34-22-13-15-25-21(18-22)12-17-29-31(25)33(27-11-7-6-10-26(27)32(37)39-33)28-16-14-24(19-30(28)38-29)35(2)23-8-4-3-5-9-23/h3-19H,1-2H3,(H,34,36). The van der Waals surface area contributed by atoms with E-state index < -0.39 is 5.60 Å². The van der Waals surface area contributed by atoms with E-state index in [1.54, 1.807) is 6.07 Å². The zero-order chi connectivity index (χ0) is 26.7. The minimum absolute atomic E-state index is 0.143. The van der Waals surface area contributed by atoms with Crippen LogP contribution in [0.2, 0.25) is 0 Å². The maximum atomic E-state index is 13.3. The summed E-state index contributed by atoms with van der Waals surface area (Å²) < 4.78 is 13.0. The Bertz CT molecular complexity index is 1810. The molecule has 2 aliphatic heterocycles. The van der Waals surface area contributed by atoms with Gasteiger partial charge in [0.1, 0.15) is 11.5 Å². The maximum Gasteiger partial charge on any atom is 0.340 e. The van der Waals surface area contributed by atoms with Gasteiger partial charge in [-0.25, -0.2) is 4.79 Å². The molecule has 6 heteroatoms. The van der Waals surface area contributed by atoms with E-state index in [-0.39, 0.29) is 11.9 Å². The first-order valence-corrected chi connectivity index (χ1v) is 12.7. The summed E-state index contributed by atoms with van der Waals surface area (Å²) >= 11 is 0. The third-order valence-corrected chi connectivity index (χ3v) is 7.52. The van der Waals surface area contributed by atoms with Crippen molar-refractivity contribution in [2.45, 2.75) is 12.5 Å². The molecule has 0 saturated heterocycles. The summed E-state index contributed by atoms with van der Waals surface area (Å²) in [6.07, 6.45) is 0. The van der Waals surface area contributed by atoms with Crippen LogP contribution < -0.4 is 15.0 Å². The van der Waals surface area contributed by atoms with E-state index in [1.165, 1.54) is 6.92 Å². The molecule has 1 atom stereocenters. The van der Waals surface area contributed by atoms with E-state index in [9.17, 15) is 9.59 Å². The van der Waals surface area contributed by atoms with Crippen molar-refractivity contribution >= 4 is 39.7 Å². The van der Waals surface area contributed by atoms with Crippen molar-refractivity contribution < 1.29 is 19.1 Å². The molecule has 0 bridgehead atoms. The lowest BCUT2D eigenvalue weighted by Crippen LogP contribution is -2.33. The third-order valence-electron chi connectivity index (χ3n) is 7.52. The number of hydrogen-bond donors (Lipinski definition) is 1. The van der Waals surface area contributed by atoms with Gasteiger partial charge < -0.3 is 19.7 Å². The minimum Gasteiger partial charge on any atom is -0.456 e. The number of ether oxygens (including phenoxy) is 2.